The van der Waals surface area contributed by atoms with Crippen molar-refractivity contribution in [3.05, 3.63) is 11.6 Å². The average molecular weight is 433 g/mol. The molecule has 0 aromatic rings. The Morgan fingerprint density at radius 3 is 2.52 bits per heavy atom. The van der Waals surface area contributed by atoms with Gasteiger partial charge in [0.25, 0.3) is 0 Å². The molecule has 176 valence electrons. The van der Waals surface area contributed by atoms with Gasteiger partial charge in [0.1, 0.15) is 11.9 Å². The van der Waals surface area contributed by atoms with Gasteiger partial charge >= 0.3 is 0 Å². The zero-order chi connectivity index (χ0) is 22.8. The van der Waals surface area contributed by atoms with E-state index < -0.39 is 11.9 Å². The molecule has 3 N–H and O–H groups in total. The molecule has 4 heteroatoms. The molecule has 3 fully saturated rings. The molecule has 4 nitrogen and oxygen atoms in total. The largest absolute Gasteiger partial charge is 0.387 e. The molecule has 0 radical (unpaired) electrons. The van der Waals surface area contributed by atoms with Crippen LogP contribution in [0.15, 0.2) is 11.6 Å². The maximum Gasteiger partial charge on any atom is 0.193 e. The number of rotatable bonds is 5. The highest BCUT2D eigenvalue weighted by Gasteiger charge is 2.61. The quantitative estimate of drug-likeness (QED) is 0.428. The molecule has 0 bridgehead atoms. The van der Waals surface area contributed by atoms with Crippen molar-refractivity contribution in [1.82, 2.24) is 0 Å². The Hall–Kier alpha value is -0.710. The molecule has 0 aliphatic heterocycles. The minimum absolute atomic E-state index is 0.143. The number of hydrogen-bond acceptors (Lipinski definition) is 4. The smallest absolute Gasteiger partial charge is 0.193 e. The van der Waals surface area contributed by atoms with Crippen molar-refractivity contribution in [2.75, 3.05) is 0 Å². The second-order valence-corrected chi connectivity index (χ2v) is 12.5. The van der Waals surface area contributed by atoms with Gasteiger partial charge in [0.05, 0.1) is 0 Å². The molecular weight excluding hydrogens is 388 g/mol. The van der Waals surface area contributed by atoms with Gasteiger partial charge in [-0.15, -0.1) is 0 Å². The van der Waals surface area contributed by atoms with Crippen LogP contribution in [-0.4, -0.2) is 33.0 Å². The molecule has 3 saturated carbocycles. The van der Waals surface area contributed by atoms with Crippen molar-refractivity contribution in [2.45, 2.75) is 104 Å². The van der Waals surface area contributed by atoms with Crippen LogP contribution in [0.3, 0.4) is 0 Å². The minimum Gasteiger partial charge on any atom is -0.387 e. The summed E-state index contributed by atoms with van der Waals surface area (Å²) in [6, 6.07) is 0. The Bertz CT molecular complexity index is 740. The van der Waals surface area contributed by atoms with Crippen LogP contribution in [0.4, 0.5) is 0 Å². The van der Waals surface area contributed by atoms with Crippen LogP contribution in [-0.2, 0) is 4.79 Å². The molecule has 8 atom stereocenters. The summed E-state index contributed by atoms with van der Waals surface area (Å²) in [6.45, 7) is 11.3. The average Bonchev–Trinajstić information content (AvgIpc) is 3.04. The van der Waals surface area contributed by atoms with E-state index >= 15 is 0 Å². The Kier molecular flexibility index (Phi) is 6.02. The monoisotopic (exact) mass is 432 g/mol. The third-order valence-corrected chi connectivity index (χ3v) is 10.4. The van der Waals surface area contributed by atoms with E-state index in [4.69, 9.17) is 0 Å². The second kappa shape index (κ2) is 7.95. The molecule has 0 spiro atoms. The molecule has 0 heterocycles. The summed E-state index contributed by atoms with van der Waals surface area (Å²) in [7, 11) is 0. The first-order valence-corrected chi connectivity index (χ1v) is 12.7. The van der Waals surface area contributed by atoms with E-state index in [0.29, 0.717) is 48.2 Å². The van der Waals surface area contributed by atoms with Gasteiger partial charge in [-0.3, -0.25) is 4.79 Å². The molecule has 4 aliphatic rings. The van der Waals surface area contributed by atoms with Crippen molar-refractivity contribution in [3.63, 3.8) is 0 Å². The zero-order valence-electron chi connectivity index (χ0n) is 20.2. The highest BCUT2D eigenvalue weighted by Crippen LogP contribution is 2.67. The van der Waals surface area contributed by atoms with Crippen LogP contribution < -0.4 is 0 Å². The van der Waals surface area contributed by atoms with Crippen LogP contribution >= 0.6 is 0 Å². The van der Waals surface area contributed by atoms with Crippen molar-refractivity contribution in [3.8, 4) is 0 Å². The number of Topliss-reactive ketones (excluding diaryl/α,β-unsaturated/α-hetero) is 1. The maximum absolute atomic E-state index is 13.0. The fourth-order valence-electron chi connectivity index (χ4n) is 8.42. The van der Waals surface area contributed by atoms with E-state index in [1.807, 2.05) is 0 Å². The SMILES string of the molecule is CC(C)CCC(=O)[C@@H](C)[C@H]1CC[C@H]2[C@@H]3CC=C4CC(O)(O)C(O)C[C@]4(C)[C@H]3CC[C@]12C. The summed E-state index contributed by atoms with van der Waals surface area (Å²) in [5.74, 6) is 1.36. The first-order chi connectivity index (χ1) is 14.4. The molecule has 4 aliphatic carbocycles. The van der Waals surface area contributed by atoms with Crippen LogP contribution in [0.1, 0.15) is 92.4 Å². The molecule has 31 heavy (non-hydrogen) atoms. The zero-order valence-corrected chi connectivity index (χ0v) is 20.2. The molecule has 0 saturated heterocycles. The van der Waals surface area contributed by atoms with Gasteiger partial charge in [-0.1, -0.05) is 46.3 Å². The lowest BCUT2D eigenvalue weighted by molar-refractivity contribution is -0.248. The predicted molar refractivity (Wildman–Crippen MR) is 122 cm³/mol. The van der Waals surface area contributed by atoms with E-state index in [1.54, 1.807) is 0 Å². The Balaban J connectivity index is 1.54. The van der Waals surface area contributed by atoms with Gasteiger partial charge in [0.2, 0.25) is 0 Å². The summed E-state index contributed by atoms with van der Waals surface area (Å²) < 4.78 is 0. The third-order valence-electron chi connectivity index (χ3n) is 10.4. The Morgan fingerprint density at radius 2 is 1.84 bits per heavy atom. The summed E-state index contributed by atoms with van der Waals surface area (Å²) in [5, 5.41) is 31.0. The Labute approximate surface area is 188 Å². The Morgan fingerprint density at radius 1 is 1.13 bits per heavy atom. The third kappa shape index (κ3) is 3.75. The standard InChI is InChI=1S/C27H44O4/c1-16(2)6-11-23(28)17(3)20-9-10-21-19-8-7-18-14-27(30,31)24(29)15-26(18,5)22(19)12-13-25(20,21)4/h7,16-17,19-22,24,29-31H,6,8-15H2,1-5H3/t17-,19-,20+,21-,22-,24?,25+,26-/m0/s1. The van der Waals surface area contributed by atoms with Gasteiger partial charge in [0.15, 0.2) is 5.79 Å². The number of fused-ring (bicyclic) bond motifs is 5. The molecule has 0 amide bonds. The van der Waals surface area contributed by atoms with E-state index in [-0.39, 0.29) is 23.2 Å². The predicted octanol–water partition coefficient (Wildman–Crippen LogP) is 4.86. The molecule has 4 rings (SSSR count). The van der Waals surface area contributed by atoms with Gasteiger partial charge in [0, 0.05) is 18.8 Å². The summed E-state index contributed by atoms with van der Waals surface area (Å²) in [6.07, 6.45) is 9.12. The summed E-state index contributed by atoms with van der Waals surface area (Å²) in [5.41, 5.74) is 1.22. The second-order valence-electron chi connectivity index (χ2n) is 12.5. The number of carbonyl (C=O) groups excluding carboxylic acids is 1. The molecule has 0 aromatic heterocycles. The van der Waals surface area contributed by atoms with Crippen LogP contribution in [0.25, 0.3) is 0 Å². The van der Waals surface area contributed by atoms with Gasteiger partial charge < -0.3 is 15.3 Å². The normalized spacial score (nSPS) is 44.8. The summed E-state index contributed by atoms with van der Waals surface area (Å²) >= 11 is 0. The first kappa shape index (κ1) is 23.4. The molecule has 0 aromatic carbocycles. The molecule has 1 unspecified atom stereocenters. The lowest BCUT2D eigenvalue weighted by Gasteiger charge is -2.59. The fraction of sp³-hybridized carbons (Fsp3) is 0.889. The highest BCUT2D eigenvalue weighted by molar-refractivity contribution is 5.81. The van der Waals surface area contributed by atoms with Crippen LogP contribution in [0.2, 0.25) is 0 Å². The minimum atomic E-state index is -1.99. The van der Waals surface area contributed by atoms with Gasteiger partial charge in [-0.25, -0.2) is 0 Å². The number of ketones is 1. The van der Waals surface area contributed by atoms with Crippen LogP contribution in [0, 0.1) is 46.3 Å². The van der Waals surface area contributed by atoms with Crippen molar-refractivity contribution < 1.29 is 20.1 Å². The molecular formula is C27H44O4. The highest BCUT2D eigenvalue weighted by atomic mass is 16.5. The topological polar surface area (TPSA) is 77.8 Å². The van der Waals surface area contributed by atoms with E-state index in [9.17, 15) is 20.1 Å². The number of hydrogen-bond donors (Lipinski definition) is 3. The van der Waals surface area contributed by atoms with Crippen LogP contribution in [0.5, 0.6) is 0 Å². The maximum atomic E-state index is 13.0. The first-order valence-electron chi connectivity index (χ1n) is 12.7. The van der Waals surface area contributed by atoms with Gasteiger partial charge in [-0.2, -0.15) is 0 Å². The van der Waals surface area contributed by atoms with Gasteiger partial charge in [-0.05, 0) is 85.4 Å². The lowest BCUT2D eigenvalue weighted by Crippen LogP contribution is -2.57. The van der Waals surface area contributed by atoms with Crippen molar-refractivity contribution in [2.24, 2.45) is 46.3 Å². The summed E-state index contributed by atoms with van der Waals surface area (Å²) in [4.78, 5) is 13.0. The van der Waals surface area contributed by atoms with Crippen molar-refractivity contribution in [1.29, 1.82) is 0 Å². The fourth-order valence-corrected chi connectivity index (χ4v) is 8.42. The lowest BCUT2D eigenvalue weighted by atomic mass is 9.46. The van der Waals surface area contributed by atoms with E-state index in [2.05, 4.69) is 40.7 Å². The number of aliphatic hydroxyl groups is 3. The number of aliphatic hydroxyl groups excluding tert-OH is 1. The van der Waals surface area contributed by atoms with E-state index in [0.717, 1.165) is 37.7 Å². The number of carbonyl (C=O) groups is 1. The van der Waals surface area contributed by atoms with E-state index in [1.165, 1.54) is 6.42 Å². The number of allylic oxidation sites excluding steroid dienone is 1. The van der Waals surface area contributed by atoms with Crippen molar-refractivity contribution >= 4 is 5.78 Å².